The Kier molecular flexibility index (Phi) is 8.02. The molecule has 0 spiro atoms. The number of carbonyl (C=O) groups is 1. The van der Waals surface area contributed by atoms with Crippen LogP contribution in [0.15, 0.2) is 89.8 Å². The Hall–Kier alpha value is -4.70. The predicted octanol–water partition coefficient (Wildman–Crippen LogP) is 5.16. The number of imidazole rings is 1. The Morgan fingerprint density at radius 1 is 0.902 bits per heavy atom. The second kappa shape index (κ2) is 11.8. The Balaban J connectivity index is 1.28. The van der Waals surface area contributed by atoms with Crippen molar-refractivity contribution in [1.29, 1.82) is 0 Å². The minimum absolute atomic E-state index is 0.0364. The van der Waals surface area contributed by atoms with Gasteiger partial charge in [-0.05, 0) is 80.8 Å². The Labute approximate surface area is 239 Å². The lowest BCUT2D eigenvalue weighted by atomic mass is 10.1. The molecule has 2 amide bonds. The number of para-hydroxylation sites is 1. The van der Waals surface area contributed by atoms with Crippen LogP contribution in [0, 0.1) is 20.8 Å². The van der Waals surface area contributed by atoms with Gasteiger partial charge in [-0.3, -0.25) is 4.57 Å². The molecule has 3 aromatic carbocycles. The molecule has 2 heterocycles. The van der Waals surface area contributed by atoms with E-state index in [0.29, 0.717) is 6.42 Å². The standard InChI is InChI=1S/C31H31N5O4S/c1-21-9-15-27(16-10-21)41(38,39)35-31(37)32-18-17-24-11-13-25(14-12-24)36-28(20-40-26-7-5-4-6-8-26)34-29-22(2)19-23(3)33-30(29)36/h4-16,19H,17-18,20H2,1-3H3,(H2,32,35,37). The summed E-state index contributed by atoms with van der Waals surface area (Å²) in [6.07, 6.45) is 0.517. The summed E-state index contributed by atoms with van der Waals surface area (Å²) in [4.78, 5) is 21.9. The van der Waals surface area contributed by atoms with Gasteiger partial charge < -0.3 is 10.1 Å². The summed E-state index contributed by atoms with van der Waals surface area (Å²) in [5.41, 5.74) is 6.31. The molecule has 5 aromatic rings. The van der Waals surface area contributed by atoms with E-state index in [0.717, 1.165) is 50.8 Å². The minimum atomic E-state index is -3.94. The highest BCUT2D eigenvalue weighted by Gasteiger charge is 2.18. The summed E-state index contributed by atoms with van der Waals surface area (Å²) in [5, 5.41) is 2.62. The van der Waals surface area contributed by atoms with Crippen LogP contribution in [0.1, 0.15) is 28.2 Å². The monoisotopic (exact) mass is 569 g/mol. The summed E-state index contributed by atoms with van der Waals surface area (Å²) in [6, 6.07) is 25.0. The van der Waals surface area contributed by atoms with Crippen LogP contribution in [0.3, 0.4) is 0 Å². The van der Waals surface area contributed by atoms with Gasteiger partial charge in [0.2, 0.25) is 0 Å². The highest BCUT2D eigenvalue weighted by molar-refractivity contribution is 7.90. The maximum atomic E-state index is 12.4. The molecule has 0 fully saturated rings. The first-order chi connectivity index (χ1) is 19.7. The summed E-state index contributed by atoms with van der Waals surface area (Å²) in [6.45, 7) is 6.37. The molecule has 0 unspecified atom stereocenters. The maximum Gasteiger partial charge on any atom is 0.328 e. The van der Waals surface area contributed by atoms with E-state index >= 15 is 0 Å². The molecule has 2 N–H and O–H groups in total. The van der Waals surface area contributed by atoms with Crippen LogP contribution in [0.2, 0.25) is 0 Å². The van der Waals surface area contributed by atoms with Crippen LogP contribution in [0.4, 0.5) is 4.79 Å². The van der Waals surface area contributed by atoms with E-state index in [9.17, 15) is 13.2 Å². The number of nitrogens with one attached hydrogen (secondary N) is 2. The third-order valence-electron chi connectivity index (χ3n) is 6.57. The molecule has 41 heavy (non-hydrogen) atoms. The number of urea groups is 1. The molecule has 10 heteroatoms. The number of nitrogens with zero attached hydrogens (tertiary/aromatic N) is 3. The molecular weight excluding hydrogens is 538 g/mol. The number of ether oxygens (including phenoxy) is 1. The lowest BCUT2D eigenvalue weighted by molar-refractivity contribution is 0.246. The van der Waals surface area contributed by atoms with Crippen LogP contribution in [0.5, 0.6) is 5.75 Å². The number of hydrogen-bond donors (Lipinski definition) is 2. The number of fused-ring (bicyclic) bond motifs is 1. The van der Waals surface area contributed by atoms with Crippen molar-refractivity contribution in [3.05, 3.63) is 113 Å². The average Bonchev–Trinajstić information content (AvgIpc) is 3.31. The van der Waals surface area contributed by atoms with Crippen molar-refractivity contribution >= 4 is 27.2 Å². The summed E-state index contributed by atoms with van der Waals surface area (Å²) in [5.74, 6) is 1.48. The lowest BCUT2D eigenvalue weighted by Gasteiger charge is -2.12. The molecule has 0 aliphatic carbocycles. The van der Waals surface area contributed by atoms with Crippen molar-refractivity contribution in [2.75, 3.05) is 6.54 Å². The summed E-state index contributed by atoms with van der Waals surface area (Å²) in [7, 11) is -3.94. The number of amides is 2. The zero-order valence-corrected chi connectivity index (χ0v) is 23.9. The van der Waals surface area contributed by atoms with Gasteiger partial charge in [0, 0.05) is 17.9 Å². The molecule has 0 saturated heterocycles. The fourth-order valence-electron chi connectivity index (χ4n) is 4.50. The maximum absolute atomic E-state index is 12.4. The van der Waals surface area contributed by atoms with E-state index in [1.807, 2.05) is 86.0 Å². The number of rotatable bonds is 9. The van der Waals surface area contributed by atoms with Crippen LogP contribution in [0.25, 0.3) is 16.9 Å². The highest BCUT2D eigenvalue weighted by atomic mass is 32.2. The second-order valence-corrected chi connectivity index (χ2v) is 11.5. The largest absolute Gasteiger partial charge is 0.486 e. The molecule has 0 bridgehead atoms. The molecule has 0 saturated carbocycles. The van der Waals surface area contributed by atoms with Gasteiger partial charge in [-0.25, -0.2) is 27.9 Å². The highest BCUT2D eigenvalue weighted by Crippen LogP contribution is 2.25. The van der Waals surface area contributed by atoms with Gasteiger partial charge in [0.05, 0.1) is 4.90 Å². The van der Waals surface area contributed by atoms with Crippen molar-refractivity contribution in [2.45, 2.75) is 38.7 Å². The van der Waals surface area contributed by atoms with Gasteiger partial charge >= 0.3 is 6.03 Å². The number of sulfonamides is 1. The van der Waals surface area contributed by atoms with E-state index in [2.05, 4.69) is 10.0 Å². The fourth-order valence-corrected chi connectivity index (χ4v) is 5.43. The molecule has 9 nitrogen and oxygen atoms in total. The van der Waals surface area contributed by atoms with Gasteiger partial charge in [-0.1, -0.05) is 48.0 Å². The Bertz CT molecular complexity index is 1780. The zero-order chi connectivity index (χ0) is 29.0. The number of aromatic nitrogens is 3. The van der Waals surface area contributed by atoms with Crippen LogP contribution >= 0.6 is 0 Å². The van der Waals surface area contributed by atoms with Crippen molar-refractivity contribution in [1.82, 2.24) is 24.6 Å². The molecule has 5 rings (SSSR count). The van der Waals surface area contributed by atoms with Crippen molar-refractivity contribution in [2.24, 2.45) is 0 Å². The predicted molar refractivity (Wildman–Crippen MR) is 158 cm³/mol. The first kappa shape index (κ1) is 27.9. The van der Waals surface area contributed by atoms with Gasteiger partial charge in [0.1, 0.15) is 17.9 Å². The topological polar surface area (TPSA) is 115 Å². The molecule has 0 aliphatic heterocycles. The number of aryl methyl sites for hydroxylation is 3. The van der Waals surface area contributed by atoms with Crippen LogP contribution < -0.4 is 14.8 Å². The summed E-state index contributed by atoms with van der Waals surface area (Å²) >= 11 is 0. The molecule has 2 aromatic heterocycles. The number of benzene rings is 3. The first-order valence-electron chi connectivity index (χ1n) is 13.2. The number of carbonyl (C=O) groups excluding carboxylic acids is 1. The fraction of sp³-hybridized carbons (Fsp3) is 0.194. The third-order valence-corrected chi connectivity index (χ3v) is 7.91. The molecule has 0 aliphatic rings. The number of pyridine rings is 1. The van der Waals surface area contributed by atoms with E-state index in [4.69, 9.17) is 14.7 Å². The SMILES string of the molecule is Cc1ccc(S(=O)(=O)NC(=O)NCCc2ccc(-n3c(COc4ccccc4)nc4c(C)cc(C)nc43)cc2)cc1. The molecule has 0 radical (unpaired) electrons. The smallest absolute Gasteiger partial charge is 0.328 e. The van der Waals surface area contributed by atoms with Crippen molar-refractivity contribution in [3.63, 3.8) is 0 Å². The van der Waals surface area contributed by atoms with Crippen molar-refractivity contribution < 1.29 is 17.9 Å². The molecule has 210 valence electrons. The minimum Gasteiger partial charge on any atom is -0.486 e. The number of hydrogen-bond acceptors (Lipinski definition) is 6. The molecular formula is C31H31N5O4S. The second-order valence-electron chi connectivity index (χ2n) is 9.81. The van der Waals surface area contributed by atoms with E-state index < -0.39 is 16.1 Å². The zero-order valence-electron chi connectivity index (χ0n) is 23.1. The van der Waals surface area contributed by atoms with Gasteiger partial charge in [-0.2, -0.15) is 0 Å². The van der Waals surface area contributed by atoms with Crippen molar-refractivity contribution in [3.8, 4) is 11.4 Å². The summed E-state index contributed by atoms with van der Waals surface area (Å²) < 4.78 is 34.9. The normalized spacial score (nSPS) is 11.4. The third kappa shape index (κ3) is 6.55. The average molecular weight is 570 g/mol. The molecule has 0 atom stereocenters. The first-order valence-corrected chi connectivity index (χ1v) is 14.7. The quantitative estimate of drug-likeness (QED) is 0.254. The van der Waals surface area contributed by atoms with Gasteiger partial charge in [0.15, 0.2) is 11.5 Å². The Morgan fingerprint density at radius 3 is 2.32 bits per heavy atom. The Morgan fingerprint density at radius 2 is 1.61 bits per heavy atom. The van der Waals surface area contributed by atoms with E-state index in [1.165, 1.54) is 12.1 Å². The van der Waals surface area contributed by atoms with Crippen LogP contribution in [-0.4, -0.2) is 35.5 Å². The lowest BCUT2D eigenvalue weighted by Crippen LogP contribution is -2.40. The van der Waals surface area contributed by atoms with Gasteiger partial charge in [0.25, 0.3) is 10.0 Å². The van der Waals surface area contributed by atoms with Gasteiger partial charge in [-0.15, -0.1) is 0 Å². The van der Waals surface area contributed by atoms with Crippen LogP contribution in [-0.2, 0) is 23.1 Å². The van der Waals surface area contributed by atoms with E-state index in [1.54, 1.807) is 12.1 Å². The van der Waals surface area contributed by atoms with E-state index in [-0.39, 0.29) is 18.0 Å².